The molecule has 108 valence electrons. The molecular formula is C12H14ClN3O2S2. The first-order valence-electron chi connectivity index (χ1n) is 6.06. The normalized spacial score (nSPS) is 10.9. The Morgan fingerprint density at radius 3 is 2.85 bits per heavy atom. The molecule has 1 N–H and O–H groups in total. The molecule has 0 unspecified atom stereocenters. The van der Waals surface area contributed by atoms with Crippen LogP contribution in [0.25, 0.3) is 10.7 Å². The van der Waals surface area contributed by atoms with Gasteiger partial charge in [0.1, 0.15) is 0 Å². The zero-order chi connectivity index (χ0) is 14.7. The number of halogens is 1. The van der Waals surface area contributed by atoms with Crippen LogP contribution in [0.5, 0.6) is 0 Å². The summed E-state index contributed by atoms with van der Waals surface area (Å²) in [6, 6.07) is 0. The van der Waals surface area contributed by atoms with Crippen LogP contribution in [0.15, 0.2) is 10.5 Å². The van der Waals surface area contributed by atoms with Crippen molar-refractivity contribution in [3.8, 4) is 10.7 Å². The fourth-order valence-electron chi connectivity index (χ4n) is 1.70. The summed E-state index contributed by atoms with van der Waals surface area (Å²) in [6.07, 6.45) is 0.910. The predicted molar refractivity (Wildman–Crippen MR) is 81.7 cm³/mol. The van der Waals surface area contributed by atoms with Crippen molar-refractivity contribution >= 4 is 40.7 Å². The van der Waals surface area contributed by atoms with Gasteiger partial charge in [-0.25, -0.2) is 0 Å². The van der Waals surface area contributed by atoms with E-state index in [0.29, 0.717) is 16.0 Å². The summed E-state index contributed by atoms with van der Waals surface area (Å²) in [5, 5.41) is 20.3. The van der Waals surface area contributed by atoms with E-state index in [1.54, 1.807) is 0 Å². The molecule has 2 rings (SSSR count). The largest absolute Gasteiger partial charge is 0.481 e. The number of thioether (sulfide) groups is 1. The summed E-state index contributed by atoms with van der Waals surface area (Å²) >= 11 is 8.98. The first-order chi connectivity index (χ1) is 9.54. The number of rotatable bonds is 6. The van der Waals surface area contributed by atoms with Crippen molar-refractivity contribution in [1.29, 1.82) is 0 Å². The zero-order valence-corrected chi connectivity index (χ0v) is 13.5. The number of carboxylic acid groups (broad SMARTS) is 1. The van der Waals surface area contributed by atoms with Crippen LogP contribution >= 0.6 is 34.7 Å². The van der Waals surface area contributed by atoms with Crippen molar-refractivity contribution in [2.75, 3.05) is 5.75 Å². The minimum atomic E-state index is -0.868. The van der Waals surface area contributed by atoms with Crippen LogP contribution in [-0.2, 0) is 11.3 Å². The van der Waals surface area contributed by atoms with Crippen molar-refractivity contribution in [3.05, 3.63) is 16.0 Å². The van der Waals surface area contributed by atoms with Gasteiger partial charge in [0.2, 0.25) is 0 Å². The molecule has 0 amide bonds. The van der Waals surface area contributed by atoms with Crippen molar-refractivity contribution < 1.29 is 9.90 Å². The van der Waals surface area contributed by atoms with Crippen LogP contribution in [0.4, 0.5) is 0 Å². The third-order valence-corrected chi connectivity index (χ3v) is 5.24. The molecule has 20 heavy (non-hydrogen) atoms. The SMILES string of the molecule is CCCn1c(SCC(=O)O)nnc1-c1scc(C)c1Cl. The predicted octanol–water partition coefficient (Wildman–Crippen LogP) is 3.56. The van der Waals surface area contributed by atoms with Gasteiger partial charge in [0.05, 0.1) is 15.7 Å². The van der Waals surface area contributed by atoms with E-state index in [9.17, 15) is 4.79 Å². The van der Waals surface area contributed by atoms with Gasteiger partial charge in [-0.2, -0.15) is 0 Å². The summed E-state index contributed by atoms with van der Waals surface area (Å²) in [4.78, 5) is 11.6. The Balaban J connectivity index is 2.38. The van der Waals surface area contributed by atoms with Crippen molar-refractivity contribution in [2.24, 2.45) is 0 Å². The van der Waals surface area contributed by atoms with Gasteiger partial charge in [0.25, 0.3) is 0 Å². The minimum absolute atomic E-state index is 0.0287. The zero-order valence-electron chi connectivity index (χ0n) is 11.1. The third-order valence-electron chi connectivity index (χ3n) is 2.59. The molecular weight excluding hydrogens is 318 g/mol. The van der Waals surface area contributed by atoms with Gasteiger partial charge in [-0.1, -0.05) is 30.3 Å². The highest BCUT2D eigenvalue weighted by molar-refractivity contribution is 7.99. The molecule has 0 fully saturated rings. The fraction of sp³-hybridized carbons (Fsp3) is 0.417. The van der Waals surface area contributed by atoms with Crippen LogP contribution in [0, 0.1) is 6.92 Å². The van der Waals surface area contributed by atoms with Crippen LogP contribution in [0.1, 0.15) is 18.9 Å². The van der Waals surface area contributed by atoms with Crippen LogP contribution in [-0.4, -0.2) is 31.6 Å². The maximum atomic E-state index is 10.7. The van der Waals surface area contributed by atoms with Gasteiger partial charge >= 0.3 is 5.97 Å². The molecule has 0 radical (unpaired) electrons. The maximum absolute atomic E-state index is 10.7. The van der Waals surface area contributed by atoms with E-state index in [1.165, 1.54) is 23.1 Å². The molecule has 0 spiro atoms. The maximum Gasteiger partial charge on any atom is 0.313 e. The number of thiophene rings is 1. The summed E-state index contributed by atoms with van der Waals surface area (Å²) in [6.45, 7) is 4.73. The Kier molecular flexibility index (Phi) is 5.06. The summed E-state index contributed by atoms with van der Waals surface area (Å²) in [7, 11) is 0. The number of aliphatic carboxylic acids is 1. The van der Waals surface area contributed by atoms with Crippen LogP contribution in [0.3, 0.4) is 0 Å². The van der Waals surface area contributed by atoms with Gasteiger partial charge < -0.3 is 9.67 Å². The lowest BCUT2D eigenvalue weighted by Crippen LogP contribution is -2.04. The topological polar surface area (TPSA) is 68.0 Å². The summed E-state index contributed by atoms with van der Waals surface area (Å²) in [5.74, 6) is -0.186. The number of aromatic nitrogens is 3. The highest BCUT2D eigenvalue weighted by atomic mass is 35.5. The number of carbonyl (C=O) groups is 1. The fourth-order valence-corrected chi connectivity index (χ4v) is 3.65. The lowest BCUT2D eigenvalue weighted by atomic mass is 10.3. The summed E-state index contributed by atoms with van der Waals surface area (Å²) in [5.41, 5.74) is 1.01. The average Bonchev–Trinajstić information content (AvgIpc) is 2.93. The lowest BCUT2D eigenvalue weighted by molar-refractivity contribution is -0.133. The Bertz CT molecular complexity index is 624. The van der Waals surface area contributed by atoms with Gasteiger partial charge in [-0.3, -0.25) is 4.79 Å². The second-order valence-corrected chi connectivity index (χ2v) is 6.40. The number of hydrogen-bond donors (Lipinski definition) is 1. The lowest BCUT2D eigenvalue weighted by Gasteiger charge is -2.07. The van der Waals surface area contributed by atoms with E-state index in [-0.39, 0.29) is 5.75 Å². The highest BCUT2D eigenvalue weighted by Crippen LogP contribution is 2.36. The molecule has 2 aromatic rings. The second-order valence-electron chi connectivity index (χ2n) is 4.20. The van der Waals surface area contributed by atoms with Crippen molar-refractivity contribution in [2.45, 2.75) is 32.0 Å². The Hall–Kier alpha value is -1.05. The molecule has 2 aromatic heterocycles. The second kappa shape index (κ2) is 6.60. The Morgan fingerprint density at radius 2 is 2.30 bits per heavy atom. The van der Waals surface area contributed by atoms with E-state index in [0.717, 1.165) is 23.4 Å². The minimum Gasteiger partial charge on any atom is -0.481 e. The first kappa shape index (κ1) is 15.3. The Labute approximate surface area is 130 Å². The van der Waals surface area contributed by atoms with Crippen molar-refractivity contribution in [1.82, 2.24) is 14.8 Å². The molecule has 8 heteroatoms. The van der Waals surface area contributed by atoms with Crippen LogP contribution in [0.2, 0.25) is 5.02 Å². The average molecular weight is 332 g/mol. The summed E-state index contributed by atoms with van der Waals surface area (Å²) < 4.78 is 1.94. The van der Waals surface area contributed by atoms with E-state index in [4.69, 9.17) is 16.7 Å². The van der Waals surface area contributed by atoms with E-state index in [2.05, 4.69) is 17.1 Å². The van der Waals surface area contributed by atoms with Gasteiger partial charge in [0, 0.05) is 6.54 Å². The van der Waals surface area contributed by atoms with Crippen LogP contribution < -0.4 is 0 Å². The van der Waals surface area contributed by atoms with Gasteiger partial charge in [-0.05, 0) is 24.3 Å². The number of aryl methyl sites for hydroxylation is 1. The highest BCUT2D eigenvalue weighted by Gasteiger charge is 2.19. The molecule has 0 saturated carbocycles. The molecule has 0 bridgehead atoms. The molecule has 0 aromatic carbocycles. The molecule has 2 heterocycles. The quantitative estimate of drug-likeness (QED) is 0.820. The first-order valence-corrected chi connectivity index (χ1v) is 8.30. The molecule has 0 aliphatic rings. The molecule has 0 aliphatic heterocycles. The Morgan fingerprint density at radius 1 is 1.55 bits per heavy atom. The molecule has 0 saturated heterocycles. The van der Waals surface area contributed by atoms with Gasteiger partial charge in [0.15, 0.2) is 11.0 Å². The number of nitrogens with zero attached hydrogens (tertiary/aromatic N) is 3. The standard InChI is InChI=1S/C12H14ClN3O2S2/c1-3-4-16-11(10-9(13)7(2)5-19-10)14-15-12(16)20-6-8(17)18/h5H,3-4,6H2,1-2H3,(H,17,18). The molecule has 0 aliphatic carbocycles. The number of hydrogen-bond acceptors (Lipinski definition) is 5. The third kappa shape index (κ3) is 3.16. The smallest absolute Gasteiger partial charge is 0.313 e. The van der Waals surface area contributed by atoms with E-state index < -0.39 is 5.97 Å². The van der Waals surface area contributed by atoms with E-state index >= 15 is 0 Å². The monoisotopic (exact) mass is 331 g/mol. The van der Waals surface area contributed by atoms with Crippen molar-refractivity contribution in [3.63, 3.8) is 0 Å². The molecule has 0 atom stereocenters. The van der Waals surface area contributed by atoms with E-state index in [1.807, 2.05) is 16.9 Å². The molecule has 5 nitrogen and oxygen atoms in total. The van der Waals surface area contributed by atoms with Gasteiger partial charge in [-0.15, -0.1) is 21.5 Å². The number of carboxylic acids is 1.